The van der Waals surface area contributed by atoms with E-state index in [-0.39, 0.29) is 0 Å². The minimum Gasteiger partial charge on any atom is -0.438 e. The van der Waals surface area contributed by atoms with Gasteiger partial charge in [-0.15, -0.1) is 5.10 Å². The van der Waals surface area contributed by atoms with Crippen LogP contribution in [0.3, 0.4) is 0 Å². The average molecular weight is 307 g/mol. The van der Waals surface area contributed by atoms with Crippen LogP contribution in [0.25, 0.3) is 11.5 Å². The van der Waals surface area contributed by atoms with Gasteiger partial charge in [-0.25, -0.2) is 9.67 Å². The van der Waals surface area contributed by atoms with Gasteiger partial charge < -0.3 is 4.74 Å². The fourth-order valence-corrected chi connectivity index (χ4v) is 2.27. The van der Waals surface area contributed by atoms with Gasteiger partial charge in [0.2, 0.25) is 5.88 Å². The molecule has 0 aliphatic heterocycles. The first-order chi connectivity index (χ1) is 11.2. The van der Waals surface area contributed by atoms with Gasteiger partial charge in [-0.1, -0.05) is 11.3 Å². The zero-order valence-corrected chi connectivity index (χ0v) is 12.6. The molecule has 0 saturated heterocycles. The third kappa shape index (κ3) is 2.30. The number of ether oxygens (including phenoxy) is 1. The molecule has 4 aromatic rings. The molecule has 0 saturated carbocycles. The Morgan fingerprint density at radius 1 is 1.17 bits per heavy atom. The average Bonchev–Trinajstić information content (AvgIpc) is 3.23. The van der Waals surface area contributed by atoms with Crippen LogP contribution < -0.4 is 4.74 Å². The predicted molar refractivity (Wildman–Crippen MR) is 81.7 cm³/mol. The summed E-state index contributed by atoms with van der Waals surface area (Å²) in [6.07, 6.45) is 4.86. The van der Waals surface area contributed by atoms with Crippen molar-refractivity contribution in [2.24, 2.45) is 0 Å². The highest BCUT2D eigenvalue weighted by Crippen LogP contribution is 2.27. The topological polar surface area (TPSA) is 83.0 Å². The second-order valence-corrected chi connectivity index (χ2v) is 5.05. The Kier molecular flexibility index (Phi) is 3.00. The third-order valence-electron chi connectivity index (χ3n) is 3.57. The lowest BCUT2D eigenvalue weighted by molar-refractivity contribution is 0.440. The first-order valence-corrected chi connectivity index (χ1v) is 7.04. The van der Waals surface area contributed by atoms with Crippen LogP contribution in [0.5, 0.6) is 11.6 Å². The molecule has 0 bridgehead atoms. The summed E-state index contributed by atoms with van der Waals surface area (Å²) in [6.45, 7) is 3.86. The standard InChI is InChI=1S/C15H13N7O/c1-10-11(2)19-15-16-9-18-22(15)14(10)23-13-5-3-4-12(8-13)21-7-6-17-20-21/h3-9H,1-2H3. The molecule has 1 aromatic carbocycles. The number of nitrogens with zero attached hydrogens (tertiary/aromatic N) is 7. The summed E-state index contributed by atoms with van der Waals surface area (Å²) in [4.78, 5) is 8.50. The largest absolute Gasteiger partial charge is 0.438 e. The Labute approximate surface area is 131 Å². The highest BCUT2D eigenvalue weighted by atomic mass is 16.5. The van der Waals surface area contributed by atoms with E-state index in [0.717, 1.165) is 16.9 Å². The van der Waals surface area contributed by atoms with Crippen LogP contribution in [0, 0.1) is 13.8 Å². The van der Waals surface area contributed by atoms with Crippen molar-refractivity contribution in [3.8, 4) is 17.3 Å². The number of hydrogen-bond donors (Lipinski definition) is 0. The SMILES string of the molecule is Cc1nc2ncnn2c(Oc2cccc(-n3ccnn3)c2)c1C. The predicted octanol–water partition coefficient (Wildman–Crippen LogP) is 2.11. The molecule has 0 aliphatic rings. The lowest BCUT2D eigenvalue weighted by Crippen LogP contribution is -2.03. The lowest BCUT2D eigenvalue weighted by Gasteiger charge is -2.12. The fourth-order valence-electron chi connectivity index (χ4n) is 2.27. The van der Waals surface area contributed by atoms with Crippen molar-refractivity contribution >= 4 is 5.78 Å². The van der Waals surface area contributed by atoms with Crippen molar-refractivity contribution in [3.05, 3.63) is 54.2 Å². The van der Waals surface area contributed by atoms with Crippen LogP contribution in [-0.2, 0) is 0 Å². The summed E-state index contributed by atoms with van der Waals surface area (Å²) in [5.41, 5.74) is 2.63. The van der Waals surface area contributed by atoms with E-state index < -0.39 is 0 Å². The maximum atomic E-state index is 6.06. The molecule has 0 radical (unpaired) electrons. The fraction of sp³-hybridized carbons (Fsp3) is 0.133. The number of aromatic nitrogens is 7. The first-order valence-electron chi connectivity index (χ1n) is 7.04. The van der Waals surface area contributed by atoms with Crippen molar-refractivity contribution in [3.63, 3.8) is 0 Å². The summed E-state index contributed by atoms with van der Waals surface area (Å²) in [5, 5.41) is 12.0. The molecule has 0 spiro atoms. The number of hydrogen-bond acceptors (Lipinski definition) is 6. The smallest absolute Gasteiger partial charge is 0.255 e. The van der Waals surface area contributed by atoms with Crippen LogP contribution >= 0.6 is 0 Å². The van der Waals surface area contributed by atoms with E-state index in [1.165, 1.54) is 6.33 Å². The van der Waals surface area contributed by atoms with Gasteiger partial charge in [0.15, 0.2) is 0 Å². The minimum atomic E-state index is 0.510. The summed E-state index contributed by atoms with van der Waals surface area (Å²) < 4.78 is 9.32. The summed E-state index contributed by atoms with van der Waals surface area (Å²) >= 11 is 0. The maximum Gasteiger partial charge on any atom is 0.255 e. The van der Waals surface area contributed by atoms with Crippen LogP contribution in [-0.4, -0.2) is 34.6 Å². The molecular formula is C15H13N7O. The second-order valence-electron chi connectivity index (χ2n) is 5.05. The molecule has 114 valence electrons. The van der Waals surface area contributed by atoms with Gasteiger partial charge in [0.25, 0.3) is 5.78 Å². The Morgan fingerprint density at radius 3 is 2.91 bits per heavy atom. The number of benzene rings is 1. The summed E-state index contributed by atoms with van der Waals surface area (Å²) in [6, 6.07) is 7.58. The maximum absolute atomic E-state index is 6.06. The Morgan fingerprint density at radius 2 is 2.09 bits per heavy atom. The van der Waals surface area contributed by atoms with Gasteiger partial charge >= 0.3 is 0 Å². The molecule has 0 aliphatic carbocycles. The minimum absolute atomic E-state index is 0.510. The quantitative estimate of drug-likeness (QED) is 0.576. The molecule has 4 rings (SSSR count). The Balaban J connectivity index is 1.78. The second kappa shape index (κ2) is 5.16. The van der Waals surface area contributed by atoms with Gasteiger partial charge in [0, 0.05) is 17.3 Å². The molecule has 23 heavy (non-hydrogen) atoms. The molecule has 8 nitrogen and oxygen atoms in total. The molecule has 3 aromatic heterocycles. The van der Waals surface area contributed by atoms with Crippen molar-refractivity contribution in [1.82, 2.24) is 34.6 Å². The van der Waals surface area contributed by atoms with Gasteiger partial charge in [0.05, 0.1) is 18.1 Å². The molecule has 3 heterocycles. The van der Waals surface area contributed by atoms with E-state index in [9.17, 15) is 0 Å². The Hall–Kier alpha value is -3.29. The Bertz CT molecular complexity index is 975. The third-order valence-corrected chi connectivity index (χ3v) is 3.57. The van der Waals surface area contributed by atoms with E-state index in [0.29, 0.717) is 17.4 Å². The zero-order chi connectivity index (χ0) is 15.8. The van der Waals surface area contributed by atoms with E-state index in [4.69, 9.17) is 4.74 Å². The molecule has 0 unspecified atom stereocenters. The lowest BCUT2D eigenvalue weighted by atomic mass is 10.2. The molecular weight excluding hydrogens is 294 g/mol. The van der Waals surface area contributed by atoms with E-state index >= 15 is 0 Å². The highest BCUT2D eigenvalue weighted by Gasteiger charge is 2.13. The van der Waals surface area contributed by atoms with E-state index in [2.05, 4.69) is 25.4 Å². The number of fused-ring (bicyclic) bond motifs is 1. The summed E-state index contributed by atoms with van der Waals surface area (Å²) in [7, 11) is 0. The first kappa shape index (κ1) is 13.4. The van der Waals surface area contributed by atoms with Crippen molar-refractivity contribution in [2.45, 2.75) is 13.8 Å². The van der Waals surface area contributed by atoms with Crippen LogP contribution in [0.4, 0.5) is 0 Å². The van der Waals surface area contributed by atoms with Crippen molar-refractivity contribution < 1.29 is 4.74 Å². The normalized spacial score (nSPS) is 11.0. The zero-order valence-electron chi connectivity index (χ0n) is 12.6. The van der Waals surface area contributed by atoms with E-state index in [1.54, 1.807) is 21.6 Å². The van der Waals surface area contributed by atoms with Gasteiger partial charge in [-0.3, -0.25) is 0 Å². The van der Waals surface area contributed by atoms with Crippen molar-refractivity contribution in [1.29, 1.82) is 0 Å². The van der Waals surface area contributed by atoms with Gasteiger partial charge in [-0.05, 0) is 26.0 Å². The van der Waals surface area contributed by atoms with Crippen LogP contribution in [0.2, 0.25) is 0 Å². The van der Waals surface area contributed by atoms with Crippen LogP contribution in [0.15, 0.2) is 43.0 Å². The van der Waals surface area contributed by atoms with E-state index in [1.807, 2.05) is 38.1 Å². The highest BCUT2D eigenvalue weighted by molar-refractivity contribution is 5.44. The molecule has 0 atom stereocenters. The molecule has 0 fully saturated rings. The van der Waals surface area contributed by atoms with Gasteiger partial charge in [0.1, 0.15) is 12.1 Å². The monoisotopic (exact) mass is 307 g/mol. The molecule has 8 heteroatoms. The summed E-state index contributed by atoms with van der Waals surface area (Å²) in [5.74, 6) is 1.78. The molecule has 0 N–H and O–H groups in total. The molecule has 0 amide bonds. The number of aryl methyl sites for hydroxylation is 1. The van der Waals surface area contributed by atoms with Crippen LogP contribution in [0.1, 0.15) is 11.3 Å². The van der Waals surface area contributed by atoms with Crippen molar-refractivity contribution in [2.75, 3.05) is 0 Å². The number of rotatable bonds is 3. The van der Waals surface area contributed by atoms with Gasteiger partial charge in [-0.2, -0.15) is 14.6 Å².